The number of aromatic nitrogens is 4. The van der Waals surface area contributed by atoms with Crippen molar-refractivity contribution in [1.82, 2.24) is 25.1 Å². The third-order valence-electron chi connectivity index (χ3n) is 7.10. The molecule has 2 aromatic carbocycles. The number of anilines is 2. The van der Waals surface area contributed by atoms with Crippen LogP contribution in [0.25, 0.3) is 27.7 Å². The van der Waals surface area contributed by atoms with Crippen molar-refractivity contribution in [3.05, 3.63) is 109 Å². The summed E-state index contributed by atoms with van der Waals surface area (Å²) in [6.45, 7) is 8.34. The highest BCUT2D eigenvalue weighted by Crippen LogP contribution is 2.29. The molecular formula is C31H31N7. The van der Waals surface area contributed by atoms with E-state index in [1.165, 1.54) is 11.1 Å². The fourth-order valence-electron chi connectivity index (χ4n) is 4.94. The first kappa shape index (κ1) is 23.9. The van der Waals surface area contributed by atoms with E-state index in [2.05, 4.69) is 104 Å². The van der Waals surface area contributed by atoms with Crippen molar-refractivity contribution in [1.29, 1.82) is 0 Å². The zero-order valence-electron chi connectivity index (χ0n) is 21.6. The van der Waals surface area contributed by atoms with Crippen LogP contribution in [0.2, 0.25) is 0 Å². The number of pyridine rings is 2. The minimum atomic E-state index is 0.736. The molecule has 1 saturated heterocycles. The van der Waals surface area contributed by atoms with Gasteiger partial charge in [-0.3, -0.25) is 10.1 Å². The molecule has 7 nitrogen and oxygen atoms in total. The summed E-state index contributed by atoms with van der Waals surface area (Å²) in [5, 5.41) is 12.2. The van der Waals surface area contributed by atoms with Crippen LogP contribution in [-0.2, 0) is 6.42 Å². The smallest absolute Gasteiger partial charge is 0.130 e. The van der Waals surface area contributed by atoms with Gasteiger partial charge >= 0.3 is 0 Å². The second kappa shape index (κ2) is 10.5. The molecule has 3 aromatic heterocycles. The zero-order chi connectivity index (χ0) is 25.9. The Morgan fingerprint density at radius 3 is 2.61 bits per heavy atom. The Morgan fingerprint density at radius 1 is 0.921 bits per heavy atom. The highest BCUT2D eigenvalue weighted by molar-refractivity contribution is 5.95. The second-order valence-corrected chi connectivity index (χ2v) is 9.87. The Labute approximate surface area is 222 Å². The van der Waals surface area contributed by atoms with Crippen LogP contribution in [0.5, 0.6) is 0 Å². The highest BCUT2D eigenvalue weighted by Gasteiger charge is 2.16. The lowest BCUT2D eigenvalue weighted by molar-refractivity contribution is 0.312. The molecule has 190 valence electrons. The van der Waals surface area contributed by atoms with E-state index in [9.17, 15) is 0 Å². The summed E-state index contributed by atoms with van der Waals surface area (Å²) in [6, 6.07) is 23.1. The van der Waals surface area contributed by atoms with Gasteiger partial charge in [0, 0.05) is 67.5 Å². The van der Waals surface area contributed by atoms with Crippen LogP contribution < -0.4 is 10.2 Å². The van der Waals surface area contributed by atoms with Gasteiger partial charge in [-0.05, 0) is 54.4 Å². The number of hydrogen-bond donors (Lipinski definition) is 2. The maximum atomic E-state index is 4.60. The Morgan fingerprint density at radius 2 is 1.76 bits per heavy atom. The van der Waals surface area contributed by atoms with E-state index in [1.807, 2.05) is 30.7 Å². The number of nitrogens with zero attached hydrogens (tertiary/aromatic N) is 5. The average Bonchev–Trinajstić information content (AvgIpc) is 3.38. The number of rotatable bonds is 7. The maximum absolute atomic E-state index is 4.60. The Bertz CT molecular complexity index is 1570. The lowest BCUT2D eigenvalue weighted by Crippen LogP contribution is -2.44. The van der Waals surface area contributed by atoms with E-state index in [4.69, 9.17) is 0 Å². The van der Waals surface area contributed by atoms with Gasteiger partial charge in [0.1, 0.15) is 11.5 Å². The van der Waals surface area contributed by atoms with Crippen molar-refractivity contribution in [2.24, 2.45) is 0 Å². The standard InChI is InChI=1S/C31H31N7/c1-22(34-27-10-11-33-30(19-27)38-14-12-37(2)13-15-38)31-28-18-25(8-9-29(28)35-36-31)26-17-24(20-32-21-26)16-23-6-4-3-5-7-23/h3-11,17-21H,1,12-16H2,2H3,(H,33,34)(H,35,36). The van der Waals surface area contributed by atoms with Crippen LogP contribution >= 0.6 is 0 Å². The van der Waals surface area contributed by atoms with Gasteiger partial charge in [-0.25, -0.2) is 4.98 Å². The SMILES string of the molecule is C=C(Nc1ccnc(N2CCN(C)CC2)c1)c1n[nH]c2ccc(-c3cncc(Cc4ccccc4)c3)cc12. The number of hydrogen-bond acceptors (Lipinski definition) is 6. The first-order valence-corrected chi connectivity index (χ1v) is 12.9. The van der Waals surface area contributed by atoms with Crippen LogP contribution in [0, 0.1) is 0 Å². The fraction of sp³-hybridized carbons (Fsp3) is 0.194. The van der Waals surface area contributed by atoms with Crippen molar-refractivity contribution >= 4 is 28.1 Å². The van der Waals surface area contributed by atoms with Crippen molar-refractivity contribution in [3.63, 3.8) is 0 Å². The number of aromatic amines is 1. The molecule has 2 N–H and O–H groups in total. The summed E-state index contributed by atoms with van der Waals surface area (Å²) >= 11 is 0. The molecule has 0 saturated carbocycles. The predicted octanol–water partition coefficient (Wildman–Crippen LogP) is 5.45. The molecule has 0 atom stereocenters. The molecule has 1 fully saturated rings. The molecular weight excluding hydrogens is 470 g/mol. The van der Waals surface area contributed by atoms with Crippen molar-refractivity contribution in [2.75, 3.05) is 43.4 Å². The fourth-order valence-corrected chi connectivity index (χ4v) is 4.94. The minimum absolute atomic E-state index is 0.736. The van der Waals surface area contributed by atoms with Crippen LogP contribution in [0.4, 0.5) is 11.5 Å². The van der Waals surface area contributed by atoms with Gasteiger partial charge in [-0.2, -0.15) is 5.10 Å². The van der Waals surface area contributed by atoms with Crippen molar-refractivity contribution in [2.45, 2.75) is 6.42 Å². The van der Waals surface area contributed by atoms with Gasteiger partial charge in [0.25, 0.3) is 0 Å². The Kier molecular flexibility index (Phi) is 6.58. The minimum Gasteiger partial charge on any atom is -0.354 e. The first-order valence-electron chi connectivity index (χ1n) is 12.9. The number of nitrogens with one attached hydrogen (secondary N) is 2. The molecule has 1 aliphatic heterocycles. The molecule has 0 bridgehead atoms. The lowest BCUT2D eigenvalue weighted by Gasteiger charge is -2.33. The summed E-state index contributed by atoms with van der Waals surface area (Å²) in [5.74, 6) is 0.980. The number of benzene rings is 2. The summed E-state index contributed by atoms with van der Waals surface area (Å²) in [5.41, 5.74) is 8.08. The third kappa shape index (κ3) is 5.14. The van der Waals surface area contributed by atoms with E-state index in [1.54, 1.807) is 0 Å². The quantitative estimate of drug-likeness (QED) is 0.309. The van der Waals surface area contributed by atoms with Gasteiger partial charge in [0.05, 0.1) is 11.2 Å². The number of fused-ring (bicyclic) bond motifs is 1. The monoisotopic (exact) mass is 501 g/mol. The molecule has 0 aliphatic carbocycles. The van der Waals surface area contributed by atoms with Crippen LogP contribution in [0.15, 0.2) is 91.9 Å². The molecule has 5 aromatic rings. The zero-order valence-corrected chi connectivity index (χ0v) is 21.6. The van der Waals surface area contributed by atoms with Crippen molar-refractivity contribution < 1.29 is 0 Å². The molecule has 7 heteroatoms. The molecule has 38 heavy (non-hydrogen) atoms. The summed E-state index contributed by atoms with van der Waals surface area (Å²) in [6.07, 6.45) is 6.55. The molecule has 0 amide bonds. The van der Waals surface area contributed by atoms with Gasteiger partial charge in [-0.1, -0.05) is 43.0 Å². The van der Waals surface area contributed by atoms with Gasteiger partial charge in [0.15, 0.2) is 0 Å². The largest absolute Gasteiger partial charge is 0.354 e. The van der Waals surface area contributed by atoms with Gasteiger partial charge in [-0.15, -0.1) is 0 Å². The van der Waals surface area contributed by atoms with Crippen LogP contribution in [-0.4, -0.2) is 58.3 Å². The number of H-pyrrole nitrogens is 1. The molecule has 4 heterocycles. The Hall–Kier alpha value is -4.49. The molecule has 0 spiro atoms. The van der Waals surface area contributed by atoms with E-state index >= 15 is 0 Å². The van der Waals surface area contributed by atoms with Crippen molar-refractivity contribution in [3.8, 4) is 11.1 Å². The predicted molar refractivity (Wildman–Crippen MR) is 155 cm³/mol. The lowest BCUT2D eigenvalue weighted by atomic mass is 10.0. The topological polar surface area (TPSA) is 73.0 Å². The average molecular weight is 502 g/mol. The second-order valence-electron chi connectivity index (χ2n) is 9.87. The van der Waals surface area contributed by atoms with Gasteiger partial charge in [0.2, 0.25) is 0 Å². The highest BCUT2D eigenvalue weighted by atomic mass is 15.3. The van der Waals surface area contributed by atoms with Crippen LogP contribution in [0.3, 0.4) is 0 Å². The van der Waals surface area contributed by atoms with E-state index in [0.717, 1.165) is 77.5 Å². The summed E-state index contributed by atoms with van der Waals surface area (Å²) in [7, 11) is 2.16. The normalized spacial score (nSPS) is 14.1. The first-order chi connectivity index (χ1) is 18.6. The number of piperazine rings is 1. The molecule has 1 aliphatic rings. The summed E-state index contributed by atoms with van der Waals surface area (Å²) < 4.78 is 0. The number of likely N-dealkylation sites (N-methyl/N-ethyl adjacent to an activating group) is 1. The molecule has 0 radical (unpaired) electrons. The van der Waals surface area contributed by atoms with Crippen LogP contribution in [0.1, 0.15) is 16.8 Å². The van der Waals surface area contributed by atoms with Gasteiger partial charge < -0.3 is 15.1 Å². The summed E-state index contributed by atoms with van der Waals surface area (Å²) in [4.78, 5) is 13.8. The Balaban J connectivity index is 1.23. The van der Waals surface area contributed by atoms with E-state index < -0.39 is 0 Å². The van der Waals surface area contributed by atoms with E-state index in [0.29, 0.717) is 0 Å². The third-order valence-corrected chi connectivity index (χ3v) is 7.10. The molecule has 0 unspecified atom stereocenters. The maximum Gasteiger partial charge on any atom is 0.130 e. The molecule has 6 rings (SSSR count). The van der Waals surface area contributed by atoms with E-state index in [-0.39, 0.29) is 0 Å².